The predicted octanol–water partition coefficient (Wildman–Crippen LogP) is 4.19. The van der Waals surface area contributed by atoms with Crippen molar-refractivity contribution in [3.8, 4) is 0 Å². The van der Waals surface area contributed by atoms with Gasteiger partial charge in [0.1, 0.15) is 11.5 Å². The van der Waals surface area contributed by atoms with Gasteiger partial charge in [-0.15, -0.1) is 0 Å². The predicted molar refractivity (Wildman–Crippen MR) is 87.5 cm³/mol. The molecule has 0 radical (unpaired) electrons. The Morgan fingerprint density at radius 2 is 2.05 bits per heavy atom. The third-order valence-corrected chi connectivity index (χ3v) is 4.25. The van der Waals surface area contributed by atoms with Crippen molar-refractivity contribution in [2.45, 2.75) is 32.4 Å². The minimum atomic E-state index is 0.0549. The molecule has 1 aromatic heterocycles. The van der Waals surface area contributed by atoms with E-state index in [9.17, 15) is 0 Å². The SMILES string of the molecule is CCc1ccc(C(CN)N(C)C(C)c2cccc(Cl)c2)o1. The number of nitrogens with two attached hydrogens (primary N) is 1. The van der Waals surface area contributed by atoms with Gasteiger partial charge in [0.2, 0.25) is 0 Å². The third kappa shape index (κ3) is 3.67. The van der Waals surface area contributed by atoms with E-state index in [2.05, 4.69) is 31.9 Å². The largest absolute Gasteiger partial charge is 0.464 e. The Kier molecular flexibility index (Phi) is 5.45. The van der Waals surface area contributed by atoms with Crippen LogP contribution in [0.1, 0.15) is 43.0 Å². The van der Waals surface area contributed by atoms with Gasteiger partial charge in [0, 0.05) is 24.0 Å². The lowest BCUT2D eigenvalue weighted by molar-refractivity contribution is 0.167. The van der Waals surface area contributed by atoms with Crippen molar-refractivity contribution in [2.24, 2.45) is 5.73 Å². The van der Waals surface area contributed by atoms with Crippen LogP contribution in [0.4, 0.5) is 0 Å². The first-order chi connectivity index (χ1) is 10.1. The minimum absolute atomic E-state index is 0.0549. The number of likely N-dealkylation sites (N-methyl/N-ethyl adjacent to an activating group) is 1. The lowest BCUT2D eigenvalue weighted by Gasteiger charge is -2.31. The second-order valence-electron chi connectivity index (χ2n) is 5.31. The molecule has 0 aliphatic carbocycles. The molecule has 2 aromatic rings. The van der Waals surface area contributed by atoms with Crippen LogP contribution in [0.15, 0.2) is 40.8 Å². The molecule has 2 N–H and O–H groups in total. The van der Waals surface area contributed by atoms with Crippen molar-refractivity contribution >= 4 is 11.6 Å². The summed E-state index contributed by atoms with van der Waals surface area (Å²) in [6.45, 7) is 4.74. The van der Waals surface area contributed by atoms with Crippen LogP contribution >= 0.6 is 11.6 Å². The van der Waals surface area contributed by atoms with E-state index in [-0.39, 0.29) is 12.1 Å². The fourth-order valence-corrected chi connectivity index (χ4v) is 2.72. The Hall–Kier alpha value is -1.29. The zero-order chi connectivity index (χ0) is 15.4. The van der Waals surface area contributed by atoms with Gasteiger partial charge in [0.25, 0.3) is 0 Å². The molecule has 0 amide bonds. The Balaban J connectivity index is 2.21. The number of furan rings is 1. The molecule has 3 nitrogen and oxygen atoms in total. The van der Waals surface area contributed by atoms with E-state index in [1.165, 1.54) is 5.56 Å². The Labute approximate surface area is 131 Å². The van der Waals surface area contributed by atoms with E-state index < -0.39 is 0 Å². The van der Waals surface area contributed by atoms with E-state index in [0.717, 1.165) is 23.0 Å². The standard InChI is InChI=1S/C17H23ClN2O/c1-4-15-8-9-17(21-15)16(11-19)20(3)12(2)13-6-5-7-14(18)10-13/h5-10,12,16H,4,11,19H2,1-3H3. The maximum absolute atomic E-state index is 6.08. The monoisotopic (exact) mass is 306 g/mol. The maximum atomic E-state index is 6.08. The Bertz CT molecular complexity index is 582. The molecule has 0 aliphatic rings. The van der Waals surface area contributed by atoms with Crippen LogP contribution in [0.2, 0.25) is 5.02 Å². The molecule has 0 bridgehead atoms. The summed E-state index contributed by atoms with van der Waals surface area (Å²) in [5, 5.41) is 0.753. The first-order valence-corrected chi connectivity index (χ1v) is 7.70. The van der Waals surface area contributed by atoms with Crippen LogP contribution in [0.5, 0.6) is 0 Å². The average Bonchev–Trinajstić information content (AvgIpc) is 2.96. The molecule has 2 unspecified atom stereocenters. The number of hydrogen-bond acceptors (Lipinski definition) is 3. The molecule has 2 atom stereocenters. The summed E-state index contributed by atoms with van der Waals surface area (Å²) >= 11 is 6.08. The molecule has 0 saturated carbocycles. The van der Waals surface area contributed by atoms with Gasteiger partial charge in [0.15, 0.2) is 0 Å². The first-order valence-electron chi connectivity index (χ1n) is 7.32. The van der Waals surface area contributed by atoms with E-state index in [1.54, 1.807) is 0 Å². The zero-order valence-corrected chi connectivity index (χ0v) is 13.6. The highest BCUT2D eigenvalue weighted by Crippen LogP contribution is 2.30. The zero-order valence-electron chi connectivity index (χ0n) is 12.8. The van der Waals surface area contributed by atoms with Gasteiger partial charge in [0.05, 0.1) is 6.04 Å². The van der Waals surface area contributed by atoms with Crippen LogP contribution in [-0.2, 0) is 6.42 Å². The van der Waals surface area contributed by atoms with E-state index in [0.29, 0.717) is 6.54 Å². The first kappa shape index (κ1) is 16.1. The summed E-state index contributed by atoms with van der Waals surface area (Å²) < 4.78 is 5.87. The van der Waals surface area contributed by atoms with Gasteiger partial charge in [-0.05, 0) is 43.8 Å². The Morgan fingerprint density at radius 3 is 2.62 bits per heavy atom. The third-order valence-electron chi connectivity index (χ3n) is 4.02. The van der Waals surface area contributed by atoms with E-state index in [4.69, 9.17) is 21.8 Å². The normalized spacial score (nSPS) is 14.4. The summed E-state index contributed by atoms with van der Waals surface area (Å²) in [5.41, 5.74) is 7.15. The van der Waals surface area contributed by atoms with Crippen LogP contribution in [0, 0.1) is 0 Å². The maximum Gasteiger partial charge on any atom is 0.122 e. The second-order valence-corrected chi connectivity index (χ2v) is 5.74. The lowest BCUT2D eigenvalue weighted by Crippen LogP contribution is -2.32. The fraction of sp³-hybridized carbons (Fsp3) is 0.412. The molecular formula is C17H23ClN2O. The van der Waals surface area contributed by atoms with E-state index in [1.807, 2.05) is 30.3 Å². The smallest absolute Gasteiger partial charge is 0.122 e. The number of halogens is 1. The molecule has 21 heavy (non-hydrogen) atoms. The van der Waals surface area contributed by atoms with Crippen molar-refractivity contribution in [1.29, 1.82) is 0 Å². The minimum Gasteiger partial charge on any atom is -0.464 e. The number of nitrogens with zero attached hydrogens (tertiary/aromatic N) is 1. The summed E-state index contributed by atoms with van der Waals surface area (Å²) in [5.74, 6) is 1.91. The van der Waals surface area contributed by atoms with Crippen molar-refractivity contribution in [3.05, 3.63) is 58.5 Å². The fourth-order valence-electron chi connectivity index (χ4n) is 2.52. The summed E-state index contributed by atoms with van der Waals surface area (Å²) in [4.78, 5) is 2.23. The van der Waals surface area contributed by atoms with Crippen molar-refractivity contribution < 1.29 is 4.42 Å². The number of benzene rings is 1. The van der Waals surface area contributed by atoms with Gasteiger partial charge >= 0.3 is 0 Å². The number of hydrogen-bond donors (Lipinski definition) is 1. The van der Waals surface area contributed by atoms with Crippen LogP contribution in [0.3, 0.4) is 0 Å². The molecular weight excluding hydrogens is 284 g/mol. The second kappa shape index (κ2) is 7.12. The van der Waals surface area contributed by atoms with Gasteiger partial charge in [-0.3, -0.25) is 4.90 Å². The van der Waals surface area contributed by atoms with Gasteiger partial charge in [-0.1, -0.05) is 30.7 Å². The summed E-state index contributed by atoms with van der Waals surface area (Å²) in [6.07, 6.45) is 0.894. The van der Waals surface area contributed by atoms with Gasteiger partial charge < -0.3 is 10.2 Å². The summed E-state index contributed by atoms with van der Waals surface area (Å²) in [7, 11) is 2.07. The topological polar surface area (TPSA) is 42.4 Å². The molecule has 1 aromatic carbocycles. The highest BCUT2D eigenvalue weighted by atomic mass is 35.5. The highest BCUT2D eigenvalue weighted by Gasteiger charge is 2.24. The summed E-state index contributed by atoms with van der Waals surface area (Å²) in [6, 6.07) is 12.2. The number of rotatable bonds is 6. The average molecular weight is 307 g/mol. The quantitative estimate of drug-likeness (QED) is 0.870. The molecule has 1 heterocycles. The van der Waals surface area contributed by atoms with E-state index >= 15 is 0 Å². The molecule has 2 rings (SSSR count). The lowest BCUT2D eigenvalue weighted by atomic mass is 10.0. The molecule has 0 fully saturated rings. The number of aryl methyl sites for hydroxylation is 1. The van der Waals surface area contributed by atoms with Crippen molar-refractivity contribution in [2.75, 3.05) is 13.6 Å². The van der Waals surface area contributed by atoms with Crippen LogP contribution in [-0.4, -0.2) is 18.5 Å². The van der Waals surface area contributed by atoms with Crippen molar-refractivity contribution in [1.82, 2.24) is 4.90 Å². The molecule has 0 spiro atoms. The van der Waals surface area contributed by atoms with Gasteiger partial charge in [-0.25, -0.2) is 0 Å². The highest BCUT2D eigenvalue weighted by molar-refractivity contribution is 6.30. The van der Waals surface area contributed by atoms with Crippen LogP contribution < -0.4 is 5.73 Å². The molecule has 114 valence electrons. The van der Waals surface area contributed by atoms with Crippen molar-refractivity contribution in [3.63, 3.8) is 0 Å². The molecule has 0 aliphatic heterocycles. The Morgan fingerprint density at radius 1 is 1.29 bits per heavy atom. The van der Waals surface area contributed by atoms with Gasteiger partial charge in [-0.2, -0.15) is 0 Å². The molecule has 0 saturated heterocycles. The molecule has 4 heteroatoms. The van der Waals surface area contributed by atoms with Crippen LogP contribution in [0.25, 0.3) is 0 Å².